The topological polar surface area (TPSA) is 40.6 Å². The van der Waals surface area contributed by atoms with Gasteiger partial charge in [-0.15, -0.1) is 0 Å². The predicted octanol–water partition coefficient (Wildman–Crippen LogP) is 3.66. The molecule has 4 rings (SSSR count). The van der Waals surface area contributed by atoms with Gasteiger partial charge in [-0.25, -0.2) is 4.39 Å². The van der Waals surface area contributed by atoms with Gasteiger partial charge in [-0.3, -0.25) is 14.5 Å². The maximum absolute atomic E-state index is 14.1. The van der Waals surface area contributed by atoms with E-state index in [-0.39, 0.29) is 29.6 Å². The molecule has 0 radical (unpaired) electrons. The van der Waals surface area contributed by atoms with Crippen LogP contribution in [-0.2, 0) is 11.3 Å². The lowest BCUT2D eigenvalue weighted by atomic mass is 10.0. The third-order valence-electron chi connectivity index (χ3n) is 5.88. The normalized spacial score (nSPS) is 22.5. The number of hydrogen-bond donors (Lipinski definition) is 0. The summed E-state index contributed by atoms with van der Waals surface area (Å²) in [5, 5.41) is 0. The quantitative estimate of drug-likeness (QED) is 0.744. The van der Waals surface area contributed by atoms with Crippen LogP contribution >= 0.6 is 0 Å². The molecule has 146 valence electrons. The third-order valence-corrected chi connectivity index (χ3v) is 5.88. The van der Waals surface area contributed by atoms with Crippen LogP contribution in [0.3, 0.4) is 0 Å². The van der Waals surface area contributed by atoms with Gasteiger partial charge in [-0.2, -0.15) is 0 Å². The number of hydrogen-bond acceptors (Lipinski definition) is 3. The molecule has 0 bridgehead atoms. The van der Waals surface area contributed by atoms with Gasteiger partial charge in [0.1, 0.15) is 5.82 Å². The molecule has 2 unspecified atom stereocenters. The lowest BCUT2D eigenvalue weighted by molar-refractivity contribution is -0.136. The smallest absolute Gasteiger partial charge is 0.240 e. The number of carbonyl (C=O) groups excluding carboxylic acids is 2. The zero-order valence-corrected chi connectivity index (χ0v) is 15.9. The van der Waals surface area contributed by atoms with Crippen LogP contribution in [0, 0.1) is 5.82 Å². The first-order valence-electron chi connectivity index (χ1n) is 10.0. The second kappa shape index (κ2) is 8.23. The van der Waals surface area contributed by atoms with Crippen molar-refractivity contribution in [2.75, 3.05) is 13.1 Å². The number of amides is 1. The van der Waals surface area contributed by atoms with Crippen molar-refractivity contribution in [3.63, 3.8) is 0 Å². The average Bonchev–Trinajstić information content (AvgIpc) is 3.39. The highest BCUT2D eigenvalue weighted by molar-refractivity contribution is 6.02. The summed E-state index contributed by atoms with van der Waals surface area (Å²) in [5.41, 5.74) is 1.27. The molecule has 2 atom stereocenters. The summed E-state index contributed by atoms with van der Waals surface area (Å²) in [6, 6.07) is 15.3. The summed E-state index contributed by atoms with van der Waals surface area (Å²) in [5.74, 6) is -0.204. The van der Waals surface area contributed by atoms with Crippen LogP contribution in [0.1, 0.15) is 41.6 Å². The highest BCUT2D eigenvalue weighted by Crippen LogP contribution is 2.28. The summed E-state index contributed by atoms with van der Waals surface area (Å²) in [7, 11) is 0. The zero-order chi connectivity index (χ0) is 19.5. The third kappa shape index (κ3) is 3.72. The van der Waals surface area contributed by atoms with Crippen molar-refractivity contribution in [1.82, 2.24) is 9.80 Å². The van der Waals surface area contributed by atoms with Gasteiger partial charge in [0.2, 0.25) is 5.91 Å². The monoisotopic (exact) mass is 380 g/mol. The molecule has 2 aliphatic rings. The molecular formula is C23H25FN2O2. The van der Waals surface area contributed by atoms with Crippen molar-refractivity contribution in [3.8, 4) is 0 Å². The van der Waals surface area contributed by atoms with E-state index in [9.17, 15) is 14.0 Å². The number of halogens is 1. The van der Waals surface area contributed by atoms with Gasteiger partial charge in [-0.05, 0) is 38.3 Å². The van der Waals surface area contributed by atoms with Crippen LogP contribution in [0.15, 0.2) is 54.6 Å². The number of likely N-dealkylation sites (tertiary alicyclic amines) is 2. The van der Waals surface area contributed by atoms with E-state index < -0.39 is 0 Å². The van der Waals surface area contributed by atoms with E-state index in [4.69, 9.17) is 0 Å². The highest BCUT2D eigenvalue weighted by atomic mass is 19.1. The largest absolute Gasteiger partial charge is 0.331 e. The molecule has 5 heteroatoms. The Kier molecular flexibility index (Phi) is 5.53. The van der Waals surface area contributed by atoms with Crippen LogP contribution in [-0.4, -0.2) is 46.7 Å². The Bertz CT molecular complexity index is 855. The van der Waals surface area contributed by atoms with E-state index in [0.29, 0.717) is 30.6 Å². The van der Waals surface area contributed by atoms with Crippen LogP contribution in [0.25, 0.3) is 0 Å². The summed E-state index contributed by atoms with van der Waals surface area (Å²) in [6.45, 7) is 1.82. The molecule has 2 fully saturated rings. The van der Waals surface area contributed by atoms with Crippen molar-refractivity contribution in [3.05, 3.63) is 71.5 Å². The molecule has 0 saturated carbocycles. The Morgan fingerprint density at radius 1 is 0.893 bits per heavy atom. The van der Waals surface area contributed by atoms with E-state index in [1.165, 1.54) is 6.07 Å². The number of Topliss-reactive ketones (excluding diaryl/α,β-unsaturated/α-hetero) is 1. The summed E-state index contributed by atoms with van der Waals surface area (Å²) < 4.78 is 14.1. The molecule has 0 spiro atoms. The SMILES string of the molecule is O=C(c1ccccc1)C1CCCN1C(=O)C1CCCN1Cc1ccccc1F. The fourth-order valence-electron chi connectivity index (χ4n) is 4.43. The molecule has 2 aromatic carbocycles. The molecule has 2 aliphatic heterocycles. The zero-order valence-electron chi connectivity index (χ0n) is 15.9. The molecular weight excluding hydrogens is 355 g/mol. The van der Waals surface area contributed by atoms with E-state index >= 15 is 0 Å². The molecule has 0 aromatic heterocycles. The number of nitrogens with zero attached hydrogens (tertiary/aromatic N) is 2. The van der Waals surface area contributed by atoms with Crippen LogP contribution in [0.5, 0.6) is 0 Å². The minimum atomic E-state index is -0.384. The van der Waals surface area contributed by atoms with Crippen molar-refractivity contribution in [2.45, 2.75) is 44.3 Å². The van der Waals surface area contributed by atoms with Gasteiger partial charge in [0.05, 0.1) is 12.1 Å². The number of rotatable bonds is 5. The van der Waals surface area contributed by atoms with Crippen molar-refractivity contribution < 1.29 is 14.0 Å². The van der Waals surface area contributed by atoms with E-state index in [1.54, 1.807) is 17.0 Å². The predicted molar refractivity (Wildman–Crippen MR) is 105 cm³/mol. The molecule has 0 aliphatic carbocycles. The molecule has 2 aromatic rings. The Balaban J connectivity index is 1.49. The summed E-state index contributed by atoms with van der Waals surface area (Å²) >= 11 is 0. The van der Waals surface area contributed by atoms with Crippen LogP contribution in [0.2, 0.25) is 0 Å². The lowest BCUT2D eigenvalue weighted by Gasteiger charge is -2.31. The van der Waals surface area contributed by atoms with Crippen LogP contribution in [0.4, 0.5) is 4.39 Å². The second-order valence-electron chi connectivity index (χ2n) is 7.64. The van der Waals surface area contributed by atoms with Gasteiger partial charge in [0.25, 0.3) is 0 Å². The molecule has 1 amide bonds. The van der Waals surface area contributed by atoms with E-state index in [0.717, 1.165) is 25.8 Å². The van der Waals surface area contributed by atoms with Crippen LogP contribution < -0.4 is 0 Å². The first kappa shape index (κ1) is 18.8. The molecule has 28 heavy (non-hydrogen) atoms. The Morgan fingerprint density at radius 2 is 1.57 bits per heavy atom. The maximum atomic E-state index is 14.1. The second-order valence-corrected chi connectivity index (χ2v) is 7.64. The van der Waals surface area contributed by atoms with E-state index in [1.807, 2.05) is 36.4 Å². The number of benzene rings is 2. The standard InChI is InChI=1S/C23H25FN2O2/c24-19-11-5-4-10-18(19)16-25-14-6-13-21(25)23(28)26-15-7-12-20(26)22(27)17-8-2-1-3-9-17/h1-5,8-11,20-21H,6-7,12-16H2. The minimum Gasteiger partial charge on any atom is -0.331 e. The van der Waals surface area contributed by atoms with Gasteiger partial charge in [0.15, 0.2) is 5.78 Å². The maximum Gasteiger partial charge on any atom is 0.240 e. The van der Waals surface area contributed by atoms with Gasteiger partial charge >= 0.3 is 0 Å². The minimum absolute atomic E-state index is 0.0145. The Labute approximate surface area is 164 Å². The number of ketones is 1. The molecule has 0 N–H and O–H groups in total. The first-order chi connectivity index (χ1) is 13.6. The molecule has 4 nitrogen and oxygen atoms in total. The van der Waals surface area contributed by atoms with Crippen molar-refractivity contribution >= 4 is 11.7 Å². The Hall–Kier alpha value is -2.53. The van der Waals surface area contributed by atoms with Crippen molar-refractivity contribution in [2.24, 2.45) is 0 Å². The fraction of sp³-hybridized carbons (Fsp3) is 0.391. The first-order valence-corrected chi connectivity index (χ1v) is 10.0. The lowest BCUT2D eigenvalue weighted by Crippen LogP contribution is -2.49. The number of carbonyl (C=O) groups is 2. The van der Waals surface area contributed by atoms with Gasteiger partial charge in [-0.1, -0.05) is 48.5 Å². The van der Waals surface area contributed by atoms with E-state index in [2.05, 4.69) is 4.90 Å². The Morgan fingerprint density at radius 3 is 2.36 bits per heavy atom. The molecule has 2 saturated heterocycles. The molecule has 2 heterocycles. The summed E-state index contributed by atoms with van der Waals surface area (Å²) in [4.78, 5) is 30.1. The highest BCUT2D eigenvalue weighted by Gasteiger charge is 2.40. The van der Waals surface area contributed by atoms with Gasteiger partial charge in [0, 0.05) is 24.2 Å². The summed E-state index contributed by atoms with van der Waals surface area (Å²) in [6.07, 6.45) is 3.22. The van der Waals surface area contributed by atoms with Crippen molar-refractivity contribution in [1.29, 1.82) is 0 Å². The van der Waals surface area contributed by atoms with Gasteiger partial charge < -0.3 is 4.90 Å². The fourth-order valence-corrected chi connectivity index (χ4v) is 4.43. The average molecular weight is 380 g/mol.